The van der Waals surface area contributed by atoms with Crippen molar-refractivity contribution in [3.8, 4) is 21.9 Å². The molecule has 0 radical (unpaired) electrons. The largest absolute Gasteiger partial charge is 0.486 e. The van der Waals surface area contributed by atoms with E-state index in [0.29, 0.717) is 36.9 Å². The van der Waals surface area contributed by atoms with Gasteiger partial charge in [-0.15, -0.1) is 22.7 Å². The Morgan fingerprint density at radius 2 is 1.93 bits per heavy atom. The highest BCUT2D eigenvalue weighted by Crippen LogP contribution is 2.37. The molecular weight excluding hydrogens is 422 g/mol. The summed E-state index contributed by atoms with van der Waals surface area (Å²) in [6.07, 6.45) is 0.858. The van der Waals surface area contributed by atoms with Crippen LogP contribution in [-0.2, 0) is 22.5 Å². The van der Waals surface area contributed by atoms with Crippen LogP contribution in [0.4, 0.5) is 0 Å². The van der Waals surface area contributed by atoms with E-state index in [1.165, 1.54) is 21.8 Å². The van der Waals surface area contributed by atoms with Gasteiger partial charge in [0, 0.05) is 22.8 Å². The molecule has 0 aliphatic carbocycles. The Balaban J connectivity index is 1.20. The smallest absolute Gasteiger partial charge is 0.348 e. The van der Waals surface area contributed by atoms with Crippen LogP contribution in [0.15, 0.2) is 41.8 Å². The standard InChI is InChI=1S/C22H19NO5S2/c24-21(23-7-5-18-15(12-23)6-10-29-18)13-28-22(25)20-4-3-19(30-20)14-1-2-16-17(11-14)27-9-8-26-16/h1-4,6,10-11H,5,7-9,12-13H2. The van der Waals surface area contributed by atoms with Crippen LogP contribution in [0.25, 0.3) is 10.4 Å². The van der Waals surface area contributed by atoms with Crippen LogP contribution >= 0.6 is 22.7 Å². The minimum absolute atomic E-state index is 0.163. The van der Waals surface area contributed by atoms with Gasteiger partial charge in [0.05, 0.1) is 0 Å². The molecule has 8 heteroatoms. The van der Waals surface area contributed by atoms with Gasteiger partial charge in [0.1, 0.15) is 18.1 Å². The lowest BCUT2D eigenvalue weighted by Gasteiger charge is -2.26. The van der Waals surface area contributed by atoms with E-state index in [2.05, 4.69) is 11.4 Å². The highest BCUT2D eigenvalue weighted by Gasteiger charge is 2.23. The Morgan fingerprint density at radius 1 is 1.07 bits per heavy atom. The van der Waals surface area contributed by atoms with Crippen molar-refractivity contribution in [1.29, 1.82) is 0 Å². The zero-order chi connectivity index (χ0) is 20.5. The second-order valence-corrected chi connectivity index (χ2v) is 9.12. The van der Waals surface area contributed by atoms with Crippen molar-refractivity contribution in [2.24, 2.45) is 0 Å². The molecule has 0 saturated carbocycles. The van der Waals surface area contributed by atoms with Crippen molar-refractivity contribution in [2.45, 2.75) is 13.0 Å². The SMILES string of the molecule is O=C(OCC(=O)N1CCc2sccc2C1)c1ccc(-c2ccc3c(c2)OCCO3)s1. The number of amides is 1. The van der Waals surface area contributed by atoms with E-state index in [4.69, 9.17) is 14.2 Å². The maximum Gasteiger partial charge on any atom is 0.348 e. The average molecular weight is 442 g/mol. The van der Waals surface area contributed by atoms with Crippen LogP contribution < -0.4 is 9.47 Å². The number of hydrogen-bond donors (Lipinski definition) is 0. The van der Waals surface area contributed by atoms with Crippen molar-refractivity contribution in [2.75, 3.05) is 26.4 Å². The molecule has 0 atom stereocenters. The minimum Gasteiger partial charge on any atom is -0.486 e. The van der Waals surface area contributed by atoms with E-state index < -0.39 is 5.97 Å². The Hall–Kier alpha value is -2.84. The first-order chi connectivity index (χ1) is 14.7. The number of esters is 1. The second kappa shape index (κ2) is 8.12. The molecule has 4 heterocycles. The summed E-state index contributed by atoms with van der Waals surface area (Å²) in [4.78, 5) is 29.4. The summed E-state index contributed by atoms with van der Waals surface area (Å²) >= 11 is 3.06. The number of benzene rings is 1. The van der Waals surface area contributed by atoms with Crippen LogP contribution in [0, 0.1) is 0 Å². The molecule has 0 unspecified atom stereocenters. The van der Waals surface area contributed by atoms with E-state index in [-0.39, 0.29) is 12.5 Å². The van der Waals surface area contributed by atoms with Gasteiger partial charge in [0.15, 0.2) is 18.1 Å². The topological polar surface area (TPSA) is 65.1 Å². The number of nitrogens with zero attached hydrogens (tertiary/aromatic N) is 1. The van der Waals surface area contributed by atoms with E-state index in [1.807, 2.05) is 24.3 Å². The summed E-state index contributed by atoms with van der Waals surface area (Å²) < 4.78 is 16.5. The number of thiophene rings is 2. The first kappa shape index (κ1) is 19.1. The molecule has 5 rings (SSSR count). The van der Waals surface area contributed by atoms with Crippen molar-refractivity contribution in [1.82, 2.24) is 4.90 Å². The molecule has 2 aliphatic heterocycles. The normalized spacial score (nSPS) is 14.9. The zero-order valence-corrected chi connectivity index (χ0v) is 17.7. The number of carbonyl (C=O) groups is 2. The van der Waals surface area contributed by atoms with Crippen LogP contribution in [0.1, 0.15) is 20.1 Å². The van der Waals surface area contributed by atoms with E-state index >= 15 is 0 Å². The first-order valence-corrected chi connectivity index (χ1v) is 11.4. The summed E-state index contributed by atoms with van der Waals surface area (Å²) in [5.41, 5.74) is 2.13. The third-order valence-electron chi connectivity index (χ3n) is 5.12. The number of rotatable bonds is 4. The molecule has 0 spiro atoms. The molecule has 3 aromatic rings. The first-order valence-electron chi connectivity index (χ1n) is 9.67. The fourth-order valence-corrected chi connectivity index (χ4v) is 5.34. The molecule has 2 aromatic heterocycles. The molecular formula is C22H19NO5S2. The number of fused-ring (bicyclic) bond motifs is 2. The van der Waals surface area contributed by atoms with Crippen molar-refractivity contribution in [3.05, 3.63) is 57.1 Å². The molecule has 154 valence electrons. The van der Waals surface area contributed by atoms with Gasteiger partial charge in [-0.3, -0.25) is 4.79 Å². The molecule has 0 fully saturated rings. The predicted octanol–water partition coefficient (Wildman–Crippen LogP) is 3.99. The number of carbonyl (C=O) groups excluding carboxylic acids is 2. The summed E-state index contributed by atoms with van der Waals surface area (Å²) in [5, 5.41) is 2.05. The van der Waals surface area contributed by atoms with Crippen molar-refractivity contribution >= 4 is 34.6 Å². The highest BCUT2D eigenvalue weighted by atomic mass is 32.1. The molecule has 1 amide bonds. The third kappa shape index (κ3) is 3.80. The maximum atomic E-state index is 12.5. The van der Waals surface area contributed by atoms with Crippen LogP contribution in [-0.4, -0.2) is 43.1 Å². The molecule has 0 N–H and O–H groups in total. The van der Waals surface area contributed by atoms with E-state index in [1.54, 1.807) is 22.3 Å². The molecule has 0 saturated heterocycles. The van der Waals surface area contributed by atoms with Gasteiger partial charge in [-0.05, 0) is 59.3 Å². The molecule has 1 aromatic carbocycles. The number of hydrogen-bond acceptors (Lipinski definition) is 7. The fourth-order valence-electron chi connectivity index (χ4n) is 3.55. The van der Waals surface area contributed by atoms with Gasteiger partial charge in [-0.1, -0.05) is 0 Å². The maximum absolute atomic E-state index is 12.5. The third-order valence-corrected chi connectivity index (χ3v) is 7.26. The summed E-state index contributed by atoms with van der Waals surface area (Å²) in [7, 11) is 0. The second-order valence-electron chi connectivity index (χ2n) is 7.03. The lowest BCUT2D eigenvalue weighted by molar-refractivity contribution is -0.135. The fraction of sp³-hybridized carbons (Fsp3) is 0.273. The van der Waals surface area contributed by atoms with Gasteiger partial charge in [-0.25, -0.2) is 4.79 Å². The Bertz CT molecular complexity index is 1100. The molecule has 0 bridgehead atoms. The number of ether oxygens (including phenoxy) is 3. The summed E-state index contributed by atoms with van der Waals surface area (Å²) in [6.45, 7) is 2.08. The van der Waals surface area contributed by atoms with Crippen LogP contribution in [0.3, 0.4) is 0 Å². The summed E-state index contributed by atoms with van der Waals surface area (Å²) in [5.74, 6) is 0.790. The lowest BCUT2D eigenvalue weighted by Crippen LogP contribution is -2.38. The highest BCUT2D eigenvalue weighted by molar-refractivity contribution is 7.17. The molecule has 6 nitrogen and oxygen atoms in total. The van der Waals surface area contributed by atoms with Crippen LogP contribution in [0.2, 0.25) is 0 Å². The summed E-state index contributed by atoms with van der Waals surface area (Å²) in [6, 6.07) is 11.4. The van der Waals surface area contributed by atoms with Crippen molar-refractivity contribution in [3.63, 3.8) is 0 Å². The lowest BCUT2D eigenvalue weighted by atomic mass is 10.1. The Morgan fingerprint density at radius 3 is 2.83 bits per heavy atom. The van der Waals surface area contributed by atoms with Gasteiger partial charge < -0.3 is 19.1 Å². The molecule has 2 aliphatic rings. The Kier molecular flexibility index (Phi) is 5.18. The van der Waals surface area contributed by atoms with E-state index in [9.17, 15) is 9.59 Å². The monoisotopic (exact) mass is 441 g/mol. The minimum atomic E-state index is -0.481. The Labute approximate surface area is 181 Å². The van der Waals surface area contributed by atoms with Gasteiger partial charge in [-0.2, -0.15) is 0 Å². The average Bonchev–Trinajstić information content (AvgIpc) is 3.46. The predicted molar refractivity (Wildman–Crippen MR) is 114 cm³/mol. The molecule has 30 heavy (non-hydrogen) atoms. The van der Waals surface area contributed by atoms with Gasteiger partial charge in [0.25, 0.3) is 5.91 Å². The van der Waals surface area contributed by atoms with Gasteiger partial charge >= 0.3 is 5.97 Å². The van der Waals surface area contributed by atoms with E-state index in [0.717, 1.165) is 22.6 Å². The van der Waals surface area contributed by atoms with Gasteiger partial charge in [0.2, 0.25) is 0 Å². The van der Waals surface area contributed by atoms with Crippen LogP contribution in [0.5, 0.6) is 11.5 Å². The quantitative estimate of drug-likeness (QED) is 0.573. The zero-order valence-electron chi connectivity index (χ0n) is 16.1. The van der Waals surface area contributed by atoms with Crippen molar-refractivity contribution < 1.29 is 23.8 Å².